The lowest BCUT2D eigenvalue weighted by Crippen LogP contribution is -2.20. The minimum absolute atomic E-state index is 0.168. The number of hydrogen-bond donors (Lipinski definition) is 2. The Morgan fingerprint density at radius 2 is 1.89 bits per heavy atom. The number of anilines is 1. The van der Waals surface area contributed by atoms with Gasteiger partial charge < -0.3 is 4.98 Å². The van der Waals surface area contributed by atoms with Crippen LogP contribution in [0.3, 0.4) is 0 Å². The van der Waals surface area contributed by atoms with Gasteiger partial charge in [0.15, 0.2) is 0 Å². The Labute approximate surface area is 116 Å². The number of H-pyrrole nitrogens is 1. The summed E-state index contributed by atoms with van der Waals surface area (Å²) >= 11 is 2.97. The summed E-state index contributed by atoms with van der Waals surface area (Å²) < 4.78 is 39.6. The predicted octanol–water partition coefficient (Wildman–Crippen LogP) is 2.08. The minimum atomic E-state index is -4.15. The number of nitrogens with one attached hydrogen (secondary N) is 2. The summed E-state index contributed by atoms with van der Waals surface area (Å²) in [7, 11) is -4.15. The molecule has 0 aliphatic carbocycles. The second kappa shape index (κ2) is 5.14. The lowest BCUT2D eigenvalue weighted by molar-refractivity contribution is 0.570. The molecule has 5 nitrogen and oxygen atoms in total. The Balaban J connectivity index is 2.46. The van der Waals surface area contributed by atoms with E-state index in [0.29, 0.717) is 0 Å². The maximum Gasteiger partial charge on any atom is 0.264 e. The van der Waals surface area contributed by atoms with Crippen LogP contribution in [0.4, 0.5) is 10.1 Å². The first-order valence-corrected chi connectivity index (χ1v) is 7.33. The fourth-order valence-electron chi connectivity index (χ4n) is 1.40. The van der Waals surface area contributed by atoms with Crippen LogP contribution in [0.2, 0.25) is 0 Å². The molecular weight excluding hydrogens is 339 g/mol. The van der Waals surface area contributed by atoms with Gasteiger partial charge in [0.05, 0.1) is 4.47 Å². The first kappa shape index (κ1) is 13.8. The van der Waals surface area contributed by atoms with Gasteiger partial charge in [-0.15, -0.1) is 0 Å². The van der Waals surface area contributed by atoms with Gasteiger partial charge in [-0.3, -0.25) is 9.52 Å². The molecule has 0 atom stereocenters. The van der Waals surface area contributed by atoms with Crippen LogP contribution < -0.4 is 10.2 Å². The molecule has 0 aliphatic rings. The van der Waals surface area contributed by atoms with Gasteiger partial charge in [-0.25, -0.2) is 12.8 Å². The van der Waals surface area contributed by atoms with Crippen molar-refractivity contribution in [1.29, 1.82) is 0 Å². The number of benzene rings is 1. The first-order valence-electron chi connectivity index (χ1n) is 5.06. The third kappa shape index (κ3) is 2.85. The highest BCUT2D eigenvalue weighted by atomic mass is 79.9. The van der Waals surface area contributed by atoms with E-state index >= 15 is 0 Å². The molecule has 0 amide bonds. The SMILES string of the molecule is O=c1c(Br)c[nH]cc1NS(=O)(=O)c1ccccc1F. The largest absolute Gasteiger partial charge is 0.365 e. The maximum atomic E-state index is 13.5. The molecule has 0 fully saturated rings. The summed E-state index contributed by atoms with van der Waals surface area (Å²) in [6, 6.07) is 4.91. The Hall–Kier alpha value is -1.67. The number of aromatic amines is 1. The van der Waals surface area contributed by atoms with Crippen molar-refractivity contribution in [3.63, 3.8) is 0 Å². The van der Waals surface area contributed by atoms with E-state index < -0.39 is 26.2 Å². The molecule has 1 aromatic heterocycles. The van der Waals surface area contributed by atoms with Gasteiger partial charge >= 0.3 is 0 Å². The molecule has 1 aromatic carbocycles. The quantitative estimate of drug-likeness (QED) is 0.892. The summed E-state index contributed by atoms with van der Waals surface area (Å²) in [5, 5.41) is 0. The van der Waals surface area contributed by atoms with Crippen LogP contribution in [-0.4, -0.2) is 13.4 Å². The monoisotopic (exact) mass is 346 g/mol. The zero-order chi connectivity index (χ0) is 14.0. The van der Waals surface area contributed by atoms with Gasteiger partial charge in [0.25, 0.3) is 10.0 Å². The zero-order valence-electron chi connectivity index (χ0n) is 9.35. The molecule has 2 aromatic rings. The summed E-state index contributed by atoms with van der Waals surface area (Å²) in [4.78, 5) is 13.7. The molecule has 0 radical (unpaired) electrons. The molecule has 100 valence electrons. The predicted molar refractivity (Wildman–Crippen MR) is 72.0 cm³/mol. The van der Waals surface area contributed by atoms with E-state index in [4.69, 9.17) is 0 Å². The topological polar surface area (TPSA) is 79.0 Å². The number of pyridine rings is 1. The van der Waals surface area contributed by atoms with E-state index in [2.05, 4.69) is 20.9 Å². The molecule has 19 heavy (non-hydrogen) atoms. The average molecular weight is 347 g/mol. The fraction of sp³-hybridized carbons (Fsp3) is 0. The van der Waals surface area contributed by atoms with Gasteiger partial charge in [0.2, 0.25) is 5.43 Å². The molecular formula is C11H8BrFN2O3S. The van der Waals surface area contributed by atoms with Gasteiger partial charge in [-0.2, -0.15) is 0 Å². The standard InChI is InChI=1S/C11H8BrFN2O3S/c12-7-5-14-6-9(11(7)16)15-19(17,18)10-4-2-1-3-8(10)13/h1-6,15H,(H,14,16). The number of hydrogen-bond acceptors (Lipinski definition) is 3. The highest BCUT2D eigenvalue weighted by molar-refractivity contribution is 9.10. The van der Waals surface area contributed by atoms with Crippen LogP contribution in [-0.2, 0) is 10.0 Å². The van der Waals surface area contributed by atoms with Crippen LogP contribution in [0.25, 0.3) is 0 Å². The zero-order valence-corrected chi connectivity index (χ0v) is 11.8. The van der Waals surface area contributed by atoms with Crippen LogP contribution in [0.15, 0.2) is 50.8 Å². The van der Waals surface area contributed by atoms with Crippen molar-refractivity contribution in [2.24, 2.45) is 0 Å². The lowest BCUT2D eigenvalue weighted by Gasteiger charge is -2.08. The first-order chi connectivity index (χ1) is 8.92. The Morgan fingerprint density at radius 3 is 2.58 bits per heavy atom. The molecule has 0 aliphatic heterocycles. The minimum Gasteiger partial charge on any atom is -0.365 e. The highest BCUT2D eigenvalue weighted by Gasteiger charge is 2.20. The van der Waals surface area contributed by atoms with Crippen LogP contribution in [0.5, 0.6) is 0 Å². The third-order valence-electron chi connectivity index (χ3n) is 2.27. The average Bonchev–Trinajstić information content (AvgIpc) is 2.35. The molecule has 0 bridgehead atoms. The van der Waals surface area contributed by atoms with E-state index in [1.807, 2.05) is 4.72 Å². The van der Waals surface area contributed by atoms with Crippen molar-refractivity contribution in [1.82, 2.24) is 4.98 Å². The van der Waals surface area contributed by atoms with Crippen LogP contribution in [0, 0.1) is 5.82 Å². The summed E-state index contributed by atoms with van der Waals surface area (Å²) in [6.45, 7) is 0. The number of aromatic nitrogens is 1. The maximum absolute atomic E-state index is 13.5. The summed E-state index contributed by atoms with van der Waals surface area (Å²) in [5.74, 6) is -0.888. The van der Waals surface area contributed by atoms with Gasteiger partial charge in [-0.05, 0) is 28.1 Å². The number of sulfonamides is 1. The molecule has 0 saturated heterocycles. The fourth-order valence-corrected chi connectivity index (χ4v) is 2.88. The molecule has 2 rings (SSSR count). The van der Waals surface area contributed by atoms with E-state index in [9.17, 15) is 17.6 Å². The Bertz CT molecular complexity index is 774. The van der Waals surface area contributed by atoms with Crippen molar-refractivity contribution in [2.75, 3.05) is 4.72 Å². The van der Waals surface area contributed by atoms with Gasteiger partial charge in [-0.1, -0.05) is 12.1 Å². The smallest absolute Gasteiger partial charge is 0.264 e. The van der Waals surface area contributed by atoms with E-state index in [0.717, 1.165) is 12.1 Å². The summed E-state index contributed by atoms with van der Waals surface area (Å²) in [6.07, 6.45) is 2.55. The van der Waals surface area contributed by atoms with Gasteiger partial charge in [0.1, 0.15) is 16.4 Å². The molecule has 8 heteroatoms. The van der Waals surface area contributed by atoms with E-state index in [-0.39, 0.29) is 10.2 Å². The van der Waals surface area contributed by atoms with Crippen molar-refractivity contribution < 1.29 is 12.8 Å². The van der Waals surface area contributed by atoms with Crippen molar-refractivity contribution in [3.05, 3.63) is 57.2 Å². The molecule has 0 unspecified atom stereocenters. The Morgan fingerprint density at radius 1 is 1.21 bits per heavy atom. The van der Waals surface area contributed by atoms with Crippen LogP contribution >= 0.6 is 15.9 Å². The molecule has 0 saturated carbocycles. The van der Waals surface area contributed by atoms with E-state index in [1.54, 1.807) is 0 Å². The second-order valence-electron chi connectivity index (χ2n) is 3.58. The third-order valence-corrected chi connectivity index (χ3v) is 4.26. The molecule has 1 heterocycles. The molecule has 2 N–H and O–H groups in total. The lowest BCUT2D eigenvalue weighted by atomic mass is 10.4. The normalized spacial score (nSPS) is 11.3. The number of rotatable bonds is 3. The molecule has 0 spiro atoms. The highest BCUT2D eigenvalue weighted by Crippen LogP contribution is 2.17. The van der Waals surface area contributed by atoms with Crippen LogP contribution in [0.1, 0.15) is 0 Å². The van der Waals surface area contributed by atoms with Crippen molar-refractivity contribution >= 4 is 31.6 Å². The van der Waals surface area contributed by atoms with Crippen molar-refractivity contribution in [3.8, 4) is 0 Å². The summed E-state index contributed by atoms with van der Waals surface area (Å²) in [5.41, 5.74) is -0.740. The second-order valence-corrected chi connectivity index (χ2v) is 6.09. The Kier molecular flexibility index (Phi) is 3.72. The van der Waals surface area contributed by atoms with Crippen molar-refractivity contribution in [2.45, 2.75) is 4.90 Å². The van der Waals surface area contributed by atoms with E-state index in [1.165, 1.54) is 24.5 Å². The van der Waals surface area contributed by atoms with Gasteiger partial charge in [0, 0.05) is 12.4 Å². The number of halogens is 2.